The lowest BCUT2D eigenvalue weighted by Crippen LogP contribution is -2.16. The number of anilines is 1. The third kappa shape index (κ3) is 3.19. The van der Waals surface area contributed by atoms with Gasteiger partial charge in [-0.05, 0) is 52.7 Å². The average Bonchev–Trinajstić information content (AvgIpc) is 2.97. The smallest absolute Gasteiger partial charge is 0.0373 e. The van der Waals surface area contributed by atoms with Gasteiger partial charge in [-0.1, -0.05) is 12.1 Å². The minimum absolute atomic E-state index is 1.00. The van der Waals surface area contributed by atoms with Gasteiger partial charge in [0.25, 0.3) is 0 Å². The third-order valence-corrected chi connectivity index (χ3v) is 5.06. The molecule has 1 N–H and O–H groups in total. The number of nitrogens with zero attached hydrogens (tertiary/aromatic N) is 1. The lowest BCUT2D eigenvalue weighted by atomic mass is 10.1. The fourth-order valence-corrected chi connectivity index (χ4v) is 4.06. The van der Waals surface area contributed by atoms with Gasteiger partial charge in [0.05, 0.1) is 0 Å². The number of halogens is 1. The number of nitrogens with one attached hydrogen (secondary N) is 1. The molecule has 0 aliphatic carbocycles. The van der Waals surface area contributed by atoms with E-state index in [1.54, 1.807) is 0 Å². The van der Waals surface area contributed by atoms with Crippen LogP contribution in [0.4, 0.5) is 5.69 Å². The van der Waals surface area contributed by atoms with Gasteiger partial charge < -0.3 is 5.32 Å². The van der Waals surface area contributed by atoms with Crippen LogP contribution < -0.4 is 5.32 Å². The minimum atomic E-state index is 1.00. The summed E-state index contributed by atoms with van der Waals surface area (Å²) in [5.74, 6) is 0. The minimum Gasteiger partial charge on any atom is -0.384 e. The molecule has 1 aliphatic rings. The maximum atomic E-state index is 3.51. The fourth-order valence-electron chi connectivity index (χ4n) is 2.53. The van der Waals surface area contributed by atoms with Crippen molar-refractivity contribution in [2.45, 2.75) is 19.5 Å². The number of hydrogen-bond donors (Lipinski definition) is 1. The van der Waals surface area contributed by atoms with E-state index in [0.29, 0.717) is 0 Å². The van der Waals surface area contributed by atoms with Crippen LogP contribution in [0.1, 0.15) is 16.0 Å². The van der Waals surface area contributed by atoms with Gasteiger partial charge in [-0.25, -0.2) is 0 Å². The summed E-state index contributed by atoms with van der Waals surface area (Å²) in [6.45, 7) is 3.09. The Morgan fingerprint density at radius 3 is 3.00 bits per heavy atom. The summed E-state index contributed by atoms with van der Waals surface area (Å²) in [6.07, 6.45) is 1.16. The van der Waals surface area contributed by atoms with E-state index in [-0.39, 0.29) is 0 Å². The highest BCUT2D eigenvalue weighted by atomic mass is 79.9. The van der Waals surface area contributed by atoms with E-state index in [1.165, 1.54) is 26.2 Å². The van der Waals surface area contributed by atoms with Crippen molar-refractivity contribution < 1.29 is 0 Å². The van der Waals surface area contributed by atoms with Crippen molar-refractivity contribution in [3.63, 3.8) is 0 Å². The van der Waals surface area contributed by atoms with Gasteiger partial charge in [0.1, 0.15) is 0 Å². The van der Waals surface area contributed by atoms with E-state index in [2.05, 4.69) is 62.8 Å². The molecule has 0 bridgehead atoms. The number of hydrogen-bond acceptors (Lipinski definition) is 3. The van der Waals surface area contributed by atoms with Gasteiger partial charge in [0.15, 0.2) is 0 Å². The van der Waals surface area contributed by atoms with Crippen molar-refractivity contribution >= 4 is 33.0 Å². The topological polar surface area (TPSA) is 15.3 Å². The first-order valence-electron chi connectivity index (χ1n) is 6.48. The van der Waals surface area contributed by atoms with Crippen LogP contribution in [0.15, 0.2) is 34.1 Å². The molecule has 0 amide bonds. The van der Waals surface area contributed by atoms with Gasteiger partial charge in [0, 0.05) is 40.1 Å². The third-order valence-electron chi connectivity index (χ3n) is 3.38. The number of thiophene rings is 1. The van der Waals surface area contributed by atoms with Crippen LogP contribution in [0.3, 0.4) is 0 Å². The summed E-state index contributed by atoms with van der Waals surface area (Å²) >= 11 is 5.32. The van der Waals surface area contributed by atoms with E-state index >= 15 is 0 Å². The largest absolute Gasteiger partial charge is 0.384 e. The van der Waals surface area contributed by atoms with E-state index in [9.17, 15) is 0 Å². The zero-order valence-corrected chi connectivity index (χ0v) is 13.4. The Labute approximate surface area is 126 Å². The van der Waals surface area contributed by atoms with Crippen LogP contribution in [-0.2, 0) is 19.5 Å². The summed E-state index contributed by atoms with van der Waals surface area (Å²) < 4.78 is 1.18. The molecule has 19 heavy (non-hydrogen) atoms. The molecule has 100 valence electrons. The number of benzene rings is 1. The average molecular weight is 337 g/mol. The SMILES string of the molecule is CN(Cc1ccc2c(c1)CCN2)Cc1cc(Br)cs1. The Bertz CT molecular complexity index is 579. The Morgan fingerprint density at radius 1 is 1.32 bits per heavy atom. The molecule has 0 fully saturated rings. The van der Waals surface area contributed by atoms with Gasteiger partial charge in [-0.15, -0.1) is 11.3 Å². The molecule has 0 unspecified atom stereocenters. The van der Waals surface area contributed by atoms with Crippen molar-refractivity contribution in [2.24, 2.45) is 0 Å². The van der Waals surface area contributed by atoms with E-state index in [0.717, 1.165) is 26.1 Å². The molecule has 2 nitrogen and oxygen atoms in total. The predicted octanol–water partition coefficient (Wildman–Crippen LogP) is 4.11. The molecular weight excluding hydrogens is 320 g/mol. The quantitative estimate of drug-likeness (QED) is 0.903. The first kappa shape index (κ1) is 13.2. The summed E-state index contributed by atoms with van der Waals surface area (Å²) in [5.41, 5.74) is 4.18. The maximum absolute atomic E-state index is 3.51. The van der Waals surface area contributed by atoms with Crippen molar-refractivity contribution in [1.29, 1.82) is 0 Å². The second-order valence-corrected chi connectivity index (χ2v) is 6.98. The molecule has 1 aromatic carbocycles. The van der Waals surface area contributed by atoms with E-state index in [4.69, 9.17) is 0 Å². The van der Waals surface area contributed by atoms with Crippen LogP contribution >= 0.6 is 27.3 Å². The van der Waals surface area contributed by atoms with Crippen LogP contribution in [-0.4, -0.2) is 18.5 Å². The molecule has 0 saturated heterocycles. The van der Waals surface area contributed by atoms with Crippen LogP contribution in [0.5, 0.6) is 0 Å². The first-order valence-corrected chi connectivity index (χ1v) is 8.15. The zero-order chi connectivity index (χ0) is 13.2. The van der Waals surface area contributed by atoms with Crippen LogP contribution in [0, 0.1) is 0 Å². The molecule has 0 atom stereocenters. The fraction of sp³-hybridized carbons (Fsp3) is 0.333. The summed E-state index contributed by atoms with van der Waals surface area (Å²) in [5, 5.41) is 5.55. The van der Waals surface area contributed by atoms with Gasteiger partial charge in [-0.3, -0.25) is 4.90 Å². The first-order chi connectivity index (χ1) is 9.20. The Hall–Kier alpha value is -0.840. The molecule has 1 aromatic heterocycles. The molecule has 0 radical (unpaired) electrons. The van der Waals surface area contributed by atoms with Gasteiger partial charge in [-0.2, -0.15) is 0 Å². The number of rotatable bonds is 4. The summed E-state index contributed by atoms with van der Waals surface area (Å²) in [7, 11) is 2.18. The van der Waals surface area contributed by atoms with Gasteiger partial charge in [0.2, 0.25) is 0 Å². The molecule has 4 heteroatoms. The maximum Gasteiger partial charge on any atom is 0.0373 e. The molecule has 2 aromatic rings. The second-order valence-electron chi connectivity index (χ2n) is 5.07. The summed E-state index contributed by atoms with van der Waals surface area (Å²) in [4.78, 5) is 3.76. The monoisotopic (exact) mass is 336 g/mol. The van der Waals surface area contributed by atoms with E-state index < -0.39 is 0 Å². The molecule has 0 saturated carbocycles. The molecule has 3 rings (SSSR count). The molecule has 1 aliphatic heterocycles. The normalized spacial score (nSPS) is 13.6. The van der Waals surface area contributed by atoms with Crippen molar-refractivity contribution in [3.8, 4) is 0 Å². The Morgan fingerprint density at radius 2 is 2.21 bits per heavy atom. The molecule has 2 heterocycles. The lowest BCUT2D eigenvalue weighted by Gasteiger charge is -2.16. The zero-order valence-electron chi connectivity index (χ0n) is 10.9. The predicted molar refractivity (Wildman–Crippen MR) is 85.8 cm³/mol. The number of fused-ring (bicyclic) bond motifs is 1. The Kier molecular flexibility index (Phi) is 3.91. The highest BCUT2D eigenvalue weighted by Crippen LogP contribution is 2.24. The van der Waals surface area contributed by atoms with Crippen LogP contribution in [0.2, 0.25) is 0 Å². The van der Waals surface area contributed by atoms with Crippen molar-refractivity contribution in [2.75, 3.05) is 18.9 Å². The van der Waals surface area contributed by atoms with Gasteiger partial charge >= 0.3 is 0 Å². The van der Waals surface area contributed by atoms with Crippen LogP contribution in [0.25, 0.3) is 0 Å². The Balaban J connectivity index is 1.64. The molecular formula is C15H17BrN2S. The van der Waals surface area contributed by atoms with E-state index in [1.807, 2.05) is 11.3 Å². The lowest BCUT2D eigenvalue weighted by molar-refractivity contribution is 0.322. The second kappa shape index (κ2) is 5.65. The molecule has 0 spiro atoms. The highest BCUT2D eigenvalue weighted by Gasteiger charge is 2.11. The highest BCUT2D eigenvalue weighted by molar-refractivity contribution is 9.10. The van der Waals surface area contributed by atoms with Crippen molar-refractivity contribution in [1.82, 2.24) is 4.90 Å². The summed E-state index contributed by atoms with van der Waals surface area (Å²) in [6, 6.07) is 9.00. The standard InChI is InChI=1S/C15H17BrN2S/c1-18(9-14-7-13(16)10-19-14)8-11-2-3-15-12(6-11)4-5-17-15/h2-3,6-7,10,17H,4-5,8-9H2,1H3. The van der Waals surface area contributed by atoms with Crippen molar-refractivity contribution in [3.05, 3.63) is 50.1 Å².